The van der Waals surface area contributed by atoms with E-state index in [1.807, 2.05) is 0 Å². The van der Waals surface area contributed by atoms with Gasteiger partial charge in [0, 0.05) is 24.9 Å². The van der Waals surface area contributed by atoms with Crippen LogP contribution in [0.25, 0.3) is 0 Å². The van der Waals surface area contributed by atoms with Gasteiger partial charge in [0.2, 0.25) is 0 Å². The molecule has 2 rings (SSSR count). The summed E-state index contributed by atoms with van der Waals surface area (Å²) in [4.78, 5) is 14.0. The number of carbonyl (C=O) groups excluding carboxylic acids is 1. The Hall–Kier alpha value is -0.370. The predicted molar refractivity (Wildman–Crippen MR) is 61.8 cm³/mol. The van der Waals surface area contributed by atoms with E-state index in [1.165, 1.54) is 25.7 Å². The molecule has 0 aromatic heterocycles. The summed E-state index contributed by atoms with van der Waals surface area (Å²) in [6, 6.07) is 1.28. The molecular formula is C13H23NO. The zero-order valence-electron chi connectivity index (χ0n) is 10.0. The van der Waals surface area contributed by atoms with E-state index in [9.17, 15) is 4.79 Å². The maximum Gasteiger partial charge on any atom is 0.134 e. The molecule has 2 fully saturated rings. The van der Waals surface area contributed by atoms with Crippen LogP contribution in [0.4, 0.5) is 0 Å². The van der Waals surface area contributed by atoms with Gasteiger partial charge in [0.1, 0.15) is 5.78 Å². The van der Waals surface area contributed by atoms with Gasteiger partial charge in [-0.2, -0.15) is 0 Å². The Kier molecular flexibility index (Phi) is 3.45. The molecule has 0 aliphatic heterocycles. The van der Waals surface area contributed by atoms with Gasteiger partial charge in [-0.15, -0.1) is 0 Å². The molecule has 15 heavy (non-hydrogen) atoms. The molecule has 2 aliphatic rings. The second-order valence-corrected chi connectivity index (χ2v) is 5.43. The normalized spacial score (nSPS) is 33.9. The molecule has 0 amide bonds. The second-order valence-electron chi connectivity index (χ2n) is 5.43. The minimum atomic E-state index is 0.475. The van der Waals surface area contributed by atoms with Crippen molar-refractivity contribution in [3.63, 3.8) is 0 Å². The fourth-order valence-corrected chi connectivity index (χ4v) is 3.25. The van der Waals surface area contributed by atoms with E-state index >= 15 is 0 Å². The number of nitrogens with zero attached hydrogens (tertiary/aromatic N) is 1. The Balaban J connectivity index is 1.97. The second kappa shape index (κ2) is 4.65. The highest BCUT2D eigenvalue weighted by Gasteiger charge is 2.33. The lowest BCUT2D eigenvalue weighted by Crippen LogP contribution is -2.45. The van der Waals surface area contributed by atoms with Crippen LogP contribution in [-0.4, -0.2) is 29.8 Å². The molecule has 2 nitrogen and oxygen atoms in total. The van der Waals surface area contributed by atoms with Crippen LogP contribution in [0.3, 0.4) is 0 Å². The first-order valence-electron chi connectivity index (χ1n) is 6.42. The number of rotatable bonds is 2. The Bertz CT molecular complexity index is 233. The molecule has 2 aliphatic carbocycles. The summed E-state index contributed by atoms with van der Waals surface area (Å²) in [6.07, 6.45) is 8.15. The highest BCUT2D eigenvalue weighted by atomic mass is 16.1. The summed E-state index contributed by atoms with van der Waals surface area (Å²) in [5.41, 5.74) is 0. The number of Topliss-reactive ketones (excluding diaryl/α,β-unsaturated/α-hetero) is 1. The van der Waals surface area contributed by atoms with Crippen molar-refractivity contribution < 1.29 is 4.79 Å². The summed E-state index contributed by atoms with van der Waals surface area (Å²) < 4.78 is 0. The van der Waals surface area contributed by atoms with Crippen molar-refractivity contribution in [1.82, 2.24) is 4.90 Å². The van der Waals surface area contributed by atoms with Crippen molar-refractivity contribution in [2.75, 3.05) is 7.05 Å². The molecule has 2 heteroatoms. The Labute approximate surface area is 93.0 Å². The average molecular weight is 209 g/mol. The van der Waals surface area contributed by atoms with Crippen molar-refractivity contribution in [2.24, 2.45) is 5.92 Å². The van der Waals surface area contributed by atoms with Crippen molar-refractivity contribution >= 4 is 5.78 Å². The Morgan fingerprint density at radius 2 is 1.87 bits per heavy atom. The van der Waals surface area contributed by atoms with E-state index < -0.39 is 0 Å². The first-order chi connectivity index (χ1) is 7.18. The summed E-state index contributed by atoms with van der Waals surface area (Å²) in [7, 11) is 2.23. The molecule has 2 atom stereocenters. The fourth-order valence-electron chi connectivity index (χ4n) is 3.25. The van der Waals surface area contributed by atoms with E-state index in [1.54, 1.807) is 0 Å². The highest BCUT2D eigenvalue weighted by molar-refractivity contribution is 5.79. The van der Waals surface area contributed by atoms with Crippen LogP contribution in [0.1, 0.15) is 51.9 Å². The van der Waals surface area contributed by atoms with Crippen molar-refractivity contribution in [3.8, 4) is 0 Å². The van der Waals surface area contributed by atoms with Crippen LogP contribution in [0.5, 0.6) is 0 Å². The average Bonchev–Trinajstić information content (AvgIpc) is 2.74. The molecule has 0 spiro atoms. The van der Waals surface area contributed by atoms with E-state index in [4.69, 9.17) is 0 Å². The van der Waals surface area contributed by atoms with Gasteiger partial charge < -0.3 is 0 Å². The van der Waals surface area contributed by atoms with Gasteiger partial charge in [0.15, 0.2) is 0 Å². The summed E-state index contributed by atoms with van der Waals surface area (Å²) in [5.74, 6) is 1.18. The van der Waals surface area contributed by atoms with Gasteiger partial charge >= 0.3 is 0 Å². The van der Waals surface area contributed by atoms with E-state index in [0.29, 0.717) is 17.7 Å². The van der Waals surface area contributed by atoms with Crippen LogP contribution in [0, 0.1) is 5.92 Å². The lowest BCUT2D eigenvalue weighted by atomic mass is 9.83. The van der Waals surface area contributed by atoms with Gasteiger partial charge in [-0.3, -0.25) is 9.69 Å². The molecule has 0 aromatic rings. The molecule has 0 aromatic carbocycles. The first kappa shape index (κ1) is 11.1. The number of ketones is 1. The van der Waals surface area contributed by atoms with Crippen LogP contribution < -0.4 is 0 Å². The van der Waals surface area contributed by atoms with Gasteiger partial charge in [0.05, 0.1) is 0 Å². The third-order valence-electron chi connectivity index (χ3n) is 4.40. The summed E-state index contributed by atoms with van der Waals surface area (Å²) in [6.45, 7) is 2.31. The SMILES string of the molecule is CC1CCC(=O)CC1N(C)C1CCCC1. The molecule has 0 heterocycles. The molecule has 0 saturated heterocycles. The molecule has 0 bridgehead atoms. The topological polar surface area (TPSA) is 20.3 Å². The standard InChI is InChI=1S/C13H23NO/c1-10-7-8-12(15)9-13(10)14(2)11-5-3-4-6-11/h10-11,13H,3-9H2,1-2H3. The largest absolute Gasteiger partial charge is 0.300 e. The predicted octanol–water partition coefficient (Wildman–Crippen LogP) is 2.62. The summed E-state index contributed by atoms with van der Waals surface area (Å²) in [5, 5.41) is 0. The highest BCUT2D eigenvalue weighted by Crippen LogP contribution is 2.31. The van der Waals surface area contributed by atoms with Gasteiger partial charge in [0.25, 0.3) is 0 Å². The minimum Gasteiger partial charge on any atom is -0.300 e. The monoisotopic (exact) mass is 209 g/mol. The smallest absolute Gasteiger partial charge is 0.134 e. The number of hydrogen-bond donors (Lipinski definition) is 0. The van der Waals surface area contributed by atoms with Crippen LogP contribution >= 0.6 is 0 Å². The lowest BCUT2D eigenvalue weighted by Gasteiger charge is -2.39. The Morgan fingerprint density at radius 3 is 2.53 bits per heavy atom. The molecule has 86 valence electrons. The molecule has 2 unspecified atom stereocenters. The maximum absolute atomic E-state index is 11.5. The molecule has 0 N–H and O–H groups in total. The van der Waals surface area contributed by atoms with Crippen molar-refractivity contribution in [3.05, 3.63) is 0 Å². The third-order valence-corrected chi connectivity index (χ3v) is 4.40. The van der Waals surface area contributed by atoms with Gasteiger partial charge in [-0.05, 0) is 32.2 Å². The van der Waals surface area contributed by atoms with E-state index in [-0.39, 0.29) is 0 Å². The first-order valence-corrected chi connectivity index (χ1v) is 6.42. The van der Waals surface area contributed by atoms with Crippen LogP contribution in [-0.2, 0) is 4.79 Å². The van der Waals surface area contributed by atoms with Crippen molar-refractivity contribution in [2.45, 2.75) is 64.0 Å². The minimum absolute atomic E-state index is 0.475. The maximum atomic E-state index is 11.5. The molecular weight excluding hydrogens is 186 g/mol. The lowest BCUT2D eigenvalue weighted by molar-refractivity contribution is -0.123. The molecule has 0 radical (unpaired) electrons. The van der Waals surface area contributed by atoms with Gasteiger partial charge in [-0.25, -0.2) is 0 Å². The van der Waals surface area contributed by atoms with E-state index in [0.717, 1.165) is 25.3 Å². The van der Waals surface area contributed by atoms with Crippen molar-refractivity contribution in [1.29, 1.82) is 0 Å². The summed E-state index contributed by atoms with van der Waals surface area (Å²) >= 11 is 0. The van der Waals surface area contributed by atoms with E-state index in [2.05, 4.69) is 18.9 Å². The zero-order valence-corrected chi connectivity index (χ0v) is 10.0. The van der Waals surface area contributed by atoms with Crippen LogP contribution in [0.2, 0.25) is 0 Å². The number of carbonyl (C=O) groups is 1. The third kappa shape index (κ3) is 2.41. The van der Waals surface area contributed by atoms with Crippen LogP contribution in [0.15, 0.2) is 0 Å². The quantitative estimate of drug-likeness (QED) is 0.697. The van der Waals surface area contributed by atoms with Gasteiger partial charge in [-0.1, -0.05) is 19.8 Å². The zero-order chi connectivity index (χ0) is 10.8. The Morgan fingerprint density at radius 1 is 1.20 bits per heavy atom. The number of hydrogen-bond acceptors (Lipinski definition) is 2. The molecule has 2 saturated carbocycles. The fraction of sp³-hybridized carbons (Fsp3) is 0.923.